The van der Waals surface area contributed by atoms with Crippen LogP contribution in [-0.4, -0.2) is 6.54 Å². The van der Waals surface area contributed by atoms with Crippen molar-refractivity contribution >= 4 is 54.8 Å². The Morgan fingerprint density at radius 3 is 2.65 bits per heavy atom. The molecule has 1 nitrogen and oxygen atoms in total. The van der Waals surface area contributed by atoms with Gasteiger partial charge in [0.05, 0.1) is 3.79 Å². The Kier molecular flexibility index (Phi) is 6.56. The summed E-state index contributed by atoms with van der Waals surface area (Å²) < 4.78 is 2.18. The van der Waals surface area contributed by atoms with E-state index in [1.54, 1.807) is 11.3 Å². The van der Waals surface area contributed by atoms with E-state index in [1.165, 1.54) is 8.66 Å². The second kappa shape index (κ2) is 7.95. The summed E-state index contributed by atoms with van der Waals surface area (Å²) in [6.45, 7) is 3.17. The van der Waals surface area contributed by atoms with Crippen molar-refractivity contribution in [3.05, 3.63) is 54.1 Å². The maximum atomic E-state index is 6.40. The van der Waals surface area contributed by atoms with Crippen molar-refractivity contribution < 1.29 is 0 Å². The van der Waals surface area contributed by atoms with Gasteiger partial charge in [0.25, 0.3) is 0 Å². The van der Waals surface area contributed by atoms with Gasteiger partial charge in [0, 0.05) is 26.8 Å². The molecule has 1 atom stereocenters. The van der Waals surface area contributed by atoms with Crippen LogP contribution in [-0.2, 0) is 6.42 Å². The molecule has 0 amide bonds. The van der Waals surface area contributed by atoms with Crippen LogP contribution in [0.5, 0.6) is 0 Å². The third kappa shape index (κ3) is 4.57. The van der Waals surface area contributed by atoms with Crippen molar-refractivity contribution in [1.82, 2.24) is 5.32 Å². The molecule has 0 bridgehead atoms. The summed E-state index contributed by atoms with van der Waals surface area (Å²) in [6.07, 6.45) is 2.07. The van der Waals surface area contributed by atoms with Gasteiger partial charge in [-0.15, -0.1) is 11.3 Å². The second-order valence-corrected chi connectivity index (χ2v) is 8.45. The first-order chi connectivity index (χ1) is 9.60. The number of thiophene rings is 1. The molecule has 0 aliphatic carbocycles. The number of benzene rings is 1. The Morgan fingerprint density at radius 2 is 2.05 bits per heavy atom. The van der Waals surface area contributed by atoms with Crippen LogP contribution in [0.25, 0.3) is 0 Å². The lowest BCUT2D eigenvalue weighted by atomic mass is 10.0. The van der Waals surface area contributed by atoms with Gasteiger partial charge in [0.2, 0.25) is 0 Å². The molecule has 1 heterocycles. The van der Waals surface area contributed by atoms with Gasteiger partial charge in [0.15, 0.2) is 0 Å². The lowest BCUT2D eigenvalue weighted by Crippen LogP contribution is -2.24. The molecule has 0 saturated carbocycles. The smallest absolute Gasteiger partial charge is 0.0701 e. The van der Waals surface area contributed by atoms with Crippen molar-refractivity contribution in [2.45, 2.75) is 25.8 Å². The maximum Gasteiger partial charge on any atom is 0.0701 e. The molecule has 1 aromatic heterocycles. The van der Waals surface area contributed by atoms with Crippen LogP contribution < -0.4 is 5.32 Å². The van der Waals surface area contributed by atoms with Gasteiger partial charge in [-0.2, -0.15) is 0 Å². The second-order valence-electron chi connectivity index (χ2n) is 4.58. The van der Waals surface area contributed by atoms with Gasteiger partial charge in [-0.3, -0.25) is 0 Å². The Hall–Kier alpha value is 0.130. The molecular formula is C15H16Br2ClNS. The average molecular weight is 438 g/mol. The largest absolute Gasteiger partial charge is 0.310 e. The van der Waals surface area contributed by atoms with Crippen molar-refractivity contribution in [1.29, 1.82) is 0 Å². The summed E-state index contributed by atoms with van der Waals surface area (Å²) >= 11 is 15.2. The van der Waals surface area contributed by atoms with Crippen LogP contribution in [0.15, 0.2) is 38.6 Å². The topological polar surface area (TPSA) is 12.0 Å². The summed E-state index contributed by atoms with van der Waals surface area (Å²) in [5.41, 5.74) is 1.16. The van der Waals surface area contributed by atoms with E-state index in [-0.39, 0.29) is 6.04 Å². The first-order valence-corrected chi connectivity index (χ1v) is 9.30. The minimum atomic E-state index is 0.251. The standard InChI is InChI=1S/C15H16Br2ClNS/c1-2-7-19-14(9-11-4-6-15(17)20-11)12-5-3-10(16)8-13(12)18/h3-6,8,14,19H,2,7,9H2,1H3. The third-order valence-electron chi connectivity index (χ3n) is 3.01. The van der Waals surface area contributed by atoms with Gasteiger partial charge >= 0.3 is 0 Å². The highest BCUT2D eigenvalue weighted by atomic mass is 79.9. The zero-order chi connectivity index (χ0) is 14.5. The lowest BCUT2D eigenvalue weighted by Gasteiger charge is -2.20. The lowest BCUT2D eigenvalue weighted by molar-refractivity contribution is 0.532. The predicted octanol–water partition coefficient (Wildman–Crippen LogP) is 6.21. The van der Waals surface area contributed by atoms with Gasteiger partial charge in [0.1, 0.15) is 0 Å². The van der Waals surface area contributed by atoms with Crippen LogP contribution >= 0.6 is 54.8 Å². The Morgan fingerprint density at radius 1 is 1.25 bits per heavy atom. The number of rotatable bonds is 6. The third-order valence-corrected chi connectivity index (χ3v) is 5.48. The maximum absolute atomic E-state index is 6.40. The van der Waals surface area contributed by atoms with Crippen molar-refractivity contribution in [3.8, 4) is 0 Å². The monoisotopic (exact) mass is 435 g/mol. The summed E-state index contributed by atoms with van der Waals surface area (Å²) in [7, 11) is 0. The molecule has 1 aromatic carbocycles. The highest BCUT2D eigenvalue weighted by molar-refractivity contribution is 9.11. The molecule has 1 N–H and O–H groups in total. The van der Waals surface area contributed by atoms with E-state index < -0.39 is 0 Å². The minimum Gasteiger partial charge on any atom is -0.310 e. The van der Waals surface area contributed by atoms with E-state index in [2.05, 4.69) is 62.3 Å². The quantitative estimate of drug-likeness (QED) is 0.566. The molecule has 108 valence electrons. The molecule has 20 heavy (non-hydrogen) atoms. The van der Waals surface area contributed by atoms with E-state index in [9.17, 15) is 0 Å². The fraction of sp³-hybridized carbons (Fsp3) is 0.333. The molecule has 0 aliphatic rings. The fourth-order valence-corrected chi connectivity index (χ4v) is 4.39. The molecule has 0 fully saturated rings. The van der Waals surface area contributed by atoms with Gasteiger partial charge in [-0.1, -0.05) is 40.5 Å². The first-order valence-electron chi connectivity index (χ1n) is 6.52. The van der Waals surface area contributed by atoms with E-state index in [0.29, 0.717) is 0 Å². The van der Waals surface area contributed by atoms with E-state index in [4.69, 9.17) is 11.6 Å². The highest BCUT2D eigenvalue weighted by Gasteiger charge is 2.16. The number of nitrogens with one attached hydrogen (secondary N) is 1. The van der Waals surface area contributed by atoms with Crippen LogP contribution in [0.2, 0.25) is 5.02 Å². The Balaban J connectivity index is 2.22. The molecule has 2 rings (SSSR count). The van der Waals surface area contributed by atoms with Crippen LogP contribution in [0.1, 0.15) is 29.8 Å². The van der Waals surface area contributed by atoms with Crippen LogP contribution in [0, 0.1) is 0 Å². The zero-order valence-electron chi connectivity index (χ0n) is 11.1. The molecule has 0 radical (unpaired) electrons. The summed E-state index contributed by atoms with van der Waals surface area (Å²) in [5.74, 6) is 0. The molecule has 0 saturated heterocycles. The first kappa shape index (κ1) is 16.5. The highest BCUT2D eigenvalue weighted by Crippen LogP contribution is 2.31. The molecule has 2 aromatic rings. The molecular weight excluding hydrogens is 422 g/mol. The number of hydrogen-bond acceptors (Lipinski definition) is 2. The minimum absolute atomic E-state index is 0.251. The summed E-state index contributed by atoms with van der Waals surface area (Å²) in [6, 6.07) is 10.6. The summed E-state index contributed by atoms with van der Waals surface area (Å²) in [5, 5.41) is 4.40. The van der Waals surface area contributed by atoms with Crippen LogP contribution in [0.3, 0.4) is 0 Å². The molecule has 1 unspecified atom stereocenters. The van der Waals surface area contributed by atoms with E-state index in [1.807, 2.05) is 12.1 Å². The van der Waals surface area contributed by atoms with Crippen molar-refractivity contribution in [2.75, 3.05) is 6.54 Å². The van der Waals surface area contributed by atoms with Crippen LogP contribution in [0.4, 0.5) is 0 Å². The van der Waals surface area contributed by atoms with Gasteiger partial charge in [-0.05, 0) is 58.7 Å². The molecule has 0 aliphatic heterocycles. The zero-order valence-corrected chi connectivity index (χ0v) is 15.9. The van der Waals surface area contributed by atoms with Crippen molar-refractivity contribution in [3.63, 3.8) is 0 Å². The number of hydrogen-bond donors (Lipinski definition) is 1. The summed E-state index contributed by atoms with van der Waals surface area (Å²) in [4.78, 5) is 1.35. The van der Waals surface area contributed by atoms with Gasteiger partial charge < -0.3 is 5.32 Å². The molecule has 5 heteroatoms. The predicted molar refractivity (Wildman–Crippen MR) is 95.9 cm³/mol. The van der Waals surface area contributed by atoms with Crippen molar-refractivity contribution in [2.24, 2.45) is 0 Å². The Labute approximate surface area is 146 Å². The average Bonchev–Trinajstić information content (AvgIpc) is 2.80. The van der Waals surface area contributed by atoms with E-state index >= 15 is 0 Å². The normalized spacial score (nSPS) is 12.6. The Bertz CT molecular complexity index is 571. The number of halogens is 3. The van der Waals surface area contributed by atoms with E-state index in [0.717, 1.165) is 34.4 Å². The molecule has 0 spiro atoms. The SMILES string of the molecule is CCCNC(Cc1ccc(Br)s1)c1ccc(Br)cc1Cl. The fourth-order valence-electron chi connectivity index (χ4n) is 2.06. The van der Waals surface area contributed by atoms with Gasteiger partial charge in [-0.25, -0.2) is 0 Å².